The normalized spacial score (nSPS) is 17.7. The van der Waals surface area contributed by atoms with Crippen molar-refractivity contribution in [3.8, 4) is 28.4 Å². The molecule has 0 aromatic heterocycles. The molecule has 0 bridgehead atoms. The number of benzene rings is 3. The Hall–Kier alpha value is -2.93. The van der Waals surface area contributed by atoms with Crippen molar-refractivity contribution in [3.63, 3.8) is 0 Å². The molecule has 0 radical (unpaired) electrons. The number of ether oxygens (including phenoxy) is 3. The Labute approximate surface area is 218 Å². The molecule has 0 saturated heterocycles. The fourth-order valence-electron chi connectivity index (χ4n) is 4.81. The summed E-state index contributed by atoms with van der Waals surface area (Å²) in [6.07, 6.45) is -10.0. The molecule has 3 nitrogen and oxygen atoms in total. The van der Waals surface area contributed by atoms with Crippen LogP contribution in [0.4, 0.5) is 26.3 Å². The van der Waals surface area contributed by atoms with Gasteiger partial charge in [0, 0.05) is 17.3 Å². The molecular weight excluding hydrogens is 529 g/mol. The molecule has 0 saturated carbocycles. The third kappa shape index (κ3) is 5.31. The van der Waals surface area contributed by atoms with E-state index in [4.69, 9.17) is 14.2 Å². The van der Waals surface area contributed by atoms with Crippen molar-refractivity contribution < 1.29 is 40.6 Å². The summed E-state index contributed by atoms with van der Waals surface area (Å²) in [6.45, 7) is 5.95. The standard InChI is InChI=1S/C28H27F6O3P/c1-26(2,3)38-23(14-16-12-13-17(27(29,30)31)15-19(16)28(32,33)34)37-22-11-6-8-18(25(22)38)24-20(35-4)9-7-10-21(24)36-5/h6-13,15,23H,14H2,1-5H3/t23-,38-/m1/s1. The number of fused-ring (bicyclic) bond motifs is 1. The van der Waals surface area contributed by atoms with Gasteiger partial charge in [-0.3, -0.25) is 0 Å². The summed E-state index contributed by atoms with van der Waals surface area (Å²) in [5.74, 6) is 0.959. The Morgan fingerprint density at radius 1 is 0.816 bits per heavy atom. The summed E-state index contributed by atoms with van der Waals surface area (Å²) in [4.78, 5) is 0. The molecule has 10 heteroatoms. The maximum absolute atomic E-state index is 13.9. The zero-order valence-electron chi connectivity index (χ0n) is 21.4. The molecule has 0 fully saturated rings. The van der Waals surface area contributed by atoms with Crippen molar-refractivity contribution in [2.45, 2.75) is 50.5 Å². The van der Waals surface area contributed by atoms with Crippen LogP contribution in [0.3, 0.4) is 0 Å². The van der Waals surface area contributed by atoms with Gasteiger partial charge in [-0.1, -0.05) is 45.0 Å². The van der Waals surface area contributed by atoms with Crippen LogP contribution in [0, 0.1) is 0 Å². The summed E-state index contributed by atoms with van der Waals surface area (Å²) in [6, 6.07) is 12.6. The van der Waals surface area contributed by atoms with Crippen molar-refractivity contribution in [3.05, 3.63) is 71.3 Å². The van der Waals surface area contributed by atoms with Crippen molar-refractivity contribution in [1.29, 1.82) is 0 Å². The first kappa shape index (κ1) is 28.1. The molecule has 0 aliphatic carbocycles. The monoisotopic (exact) mass is 556 g/mol. The maximum atomic E-state index is 13.9. The van der Waals surface area contributed by atoms with Crippen molar-refractivity contribution in [1.82, 2.24) is 0 Å². The summed E-state index contributed by atoms with van der Waals surface area (Å²) in [7, 11) is 1.81. The second kappa shape index (κ2) is 9.99. The highest BCUT2D eigenvalue weighted by Crippen LogP contribution is 2.61. The fourth-order valence-corrected chi connectivity index (χ4v) is 8.04. The second-order valence-corrected chi connectivity index (χ2v) is 13.0. The molecule has 2 atom stereocenters. The molecule has 4 rings (SSSR count). The zero-order valence-corrected chi connectivity index (χ0v) is 22.3. The lowest BCUT2D eigenvalue weighted by atomic mass is 10.0. The van der Waals surface area contributed by atoms with Gasteiger partial charge >= 0.3 is 12.4 Å². The molecular formula is C28H27F6O3P. The lowest BCUT2D eigenvalue weighted by Gasteiger charge is -2.33. The van der Waals surface area contributed by atoms with Crippen molar-refractivity contribution in [2.75, 3.05) is 14.2 Å². The number of alkyl halides is 6. The highest BCUT2D eigenvalue weighted by Gasteiger charge is 2.45. The Bertz CT molecular complexity index is 1310. The van der Waals surface area contributed by atoms with Gasteiger partial charge in [-0.2, -0.15) is 26.3 Å². The van der Waals surface area contributed by atoms with E-state index in [0.29, 0.717) is 28.9 Å². The van der Waals surface area contributed by atoms with Gasteiger partial charge in [0.25, 0.3) is 0 Å². The Balaban J connectivity index is 1.85. The van der Waals surface area contributed by atoms with Gasteiger partial charge in [0.2, 0.25) is 0 Å². The van der Waals surface area contributed by atoms with Gasteiger partial charge in [0.15, 0.2) is 0 Å². The Morgan fingerprint density at radius 2 is 1.42 bits per heavy atom. The smallest absolute Gasteiger partial charge is 0.416 e. The van der Waals surface area contributed by atoms with Crippen LogP contribution in [0.15, 0.2) is 54.6 Å². The first-order valence-electron chi connectivity index (χ1n) is 11.7. The average molecular weight is 556 g/mol. The molecule has 1 aliphatic rings. The number of hydrogen-bond donors (Lipinski definition) is 0. The molecule has 0 amide bonds. The van der Waals surface area contributed by atoms with Crippen LogP contribution in [0.5, 0.6) is 17.2 Å². The SMILES string of the molecule is COc1cccc(OC)c1-c1cccc2c1[P@](C(C)(C)C)[C@H](Cc1ccc(C(F)(F)F)cc1C(F)(F)F)O2. The number of halogens is 6. The summed E-state index contributed by atoms with van der Waals surface area (Å²) in [5.41, 5.74) is -1.41. The van der Waals surface area contributed by atoms with Crippen LogP contribution >= 0.6 is 7.92 Å². The molecule has 38 heavy (non-hydrogen) atoms. The minimum absolute atomic E-state index is 0.182. The van der Waals surface area contributed by atoms with E-state index in [-0.39, 0.29) is 18.1 Å². The molecule has 1 aliphatic heterocycles. The summed E-state index contributed by atoms with van der Waals surface area (Å²) < 4.78 is 98.8. The van der Waals surface area contributed by atoms with E-state index in [1.807, 2.05) is 26.8 Å². The minimum atomic E-state index is -4.96. The van der Waals surface area contributed by atoms with Crippen LogP contribution < -0.4 is 19.5 Å². The first-order valence-corrected chi connectivity index (χ1v) is 13.2. The minimum Gasteiger partial charge on any atom is -0.496 e. The largest absolute Gasteiger partial charge is 0.496 e. The third-order valence-electron chi connectivity index (χ3n) is 6.35. The van der Waals surface area contributed by atoms with E-state index < -0.39 is 42.4 Å². The van der Waals surface area contributed by atoms with Gasteiger partial charge in [0.1, 0.15) is 23.1 Å². The first-order chi connectivity index (χ1) is 17.7. The highest BCUT2D eigenvalue weighted by molar-refractivity contribution is 7.68. The van der Waals surface area contributed by atoms with Gasteiger partial charge in [-0.15, -0.1) is 0 Å². The van der Waals surface area contributed by atoms with Crippen molar-refractivity contribution in [2.24, 2.45) is 0 Å². The third-order valence-corrected chi connectivity index (χ3v) is 9.60. The lowest BCUT2D eigenvalue weighted by molar-refractivity contribution is -0.143. The van der Waals surface area contributed by atoms with Crippen molar-refractivity contribution >= 4 is 13.2 Å². The average Bonchev–Trinajstić information content (AvgIpc) is 3.21. The number of hydrogen-bond acceptors (Lipinski definition) is 3. The molecule has 0 unspecified atom stereocenters. The molecule has 0 N–H and O–H groups in total. The van der Waals surface area contributed by atoms with Crippen LogP contribution in [-0.2, 0) is 18.8 Å². The van der Waals surface area contributed by atoms with E-state index in [9.17, 15) is 26.3 Å². The maximum Gasteiger partial charge on any atom is 0.416 e. The zero-order chi connectivity index (χ0) is 28.0. The van der Waals surface area contributed by atoms with Gasteiger partial charge in [0.05, 0.1) is 30.9 Å². The number of methoxy groups -OCH3 is 2. The number of rotatable bonds is 5. The fraction of sp³-hybridized carbons (Fsp3) is 0.357. The molecule has 204 valence electrons. The summed E-state index contributed by atoms with van der Waals surface area (Å²) >= 11 is 0. The van der Waals surface area contributed by atoms with Gasteiger partial charge in [-0.25, -0.2) is 0 Å². The molecule has 3 aromatic rings. The lowest BCUT2D eigenvalue weighted by Crippen LogP contribution is -2.27. The van der Waals surface area contributed by atoms with E-state index in [0.717, 1.165) is 16.9 Å². The predicted octanol–water partition coefficient (Wildman–Crippen LogP) is 8.28. The second-order valence-electron chi connectivity index (χ2n) is 9.87. The molecule has 1 heterocycles. The Morgan fingerprint density at radius 3 is 1.95 bits per heavy atom. The topological polar surface area (TPSA) is 27.7 Å². The summed E-state index contributed by atoms with van der Waals surface area (Å²) in [5, 5.41) is 0.434. The van der Waals surface area contributed by atoms with Gasteiger partial charge in [-0.05, 0) is 49.0 Å². The van der Waals surface area contributed by atoms with Crippen LogP contribution in [0.1, 0.15) is 37.5 Å². The quantitative estimate of drug-likeness (QED) is 0.234. The molecule has 3 aromatic carbocycles. The van der Waals surface area contributed by atoms with Gasteiger partial charge < -0.3 is 14.2 Å². The molecule has 0 spiro atoms. The van der Waals surface area contributed by atoms with E-state index >= 15 is 0 Å². The highest BCUT2D eigenvalue weighted by atomic mass is 31.1. The van der Waals surface area contributed by atoms with E-state index in [1.165, 1.54) is 14.2 Å². The van der Waals surface area contributed by atoms with E-state index in [1.54, 1.807) is 30.3 Å². The predicted molar refractivity (Wildman–Crippen MR) is 136 cm³/mol. The van der Waals surface area contributed by atoms with Crippen LogP contribution in [0.2, 0.25) is 0 Å². The van der Waals surface area contributed by atoms with E-state index in [2.05, 4.69) is 0 Å². The Kier molecular flexibility index (Phi) is 7.38. The van der Waals surface area contributed by atoms with Crippen LogP contribution in [0.25, 0.3) is 11.1 Å². The van der Waals surface area contributed by atoms with Crippen LogP contribution in [-0.4, -0.2) is 25.2 Å².